The minimum Gasteiger partial charge on any atom is -0.165 e. The Labute approximate surface area is 105 Å². The predicted octanol–water partition coefficient (Wildman–Crippen LogP) is 3.82. The second kappa shape index (κ2) is 4.98. The van der Waals surface area contributed by atoms with E-state index in [1.54, 1.807) is 0 Å². The van der Waals surface area contributed by atoms with Crippen LogP contribution in [0.1, 0.15) is 24.5 Å². The fourth-order valence-electron chi connectivity index (χ4n) is 1.94. The average molecular weight is 262 g/mol. The van der Waals surface area contributed by atoms with Crippen LogP contribution in [-0.2, 0) is 32.6 Å². The van der Waals surface area contributed by atoms with Crippen molar-refractivity contribution in [3.63, 3.8) is 0 Å². The number of fused-ring (bicyclic) bond motifs is 1. The van der Waals surface area contributed by atoms with Crippen molar-refractivity contribution in [1.82, 2.24) is 0 Å². The fraction of sp³-hybridized carbons (Fsp3) is 0.308. The fourth-order valence-corrected chi connectivity index (χ4v) is 1.94. The number of rotatable bonds is 2. The van der Waals surface area contributed by atoms with Gasteiger partial charge in [0.15, 0.2) is 0 Å². The van der Waals surface area contributed by atoms with E-state index in [1.807, 2.05) is 0 Å². The van der Waals surface area contributed by atoms with Crippen LogP contribution < -0.4 is 0 Å². The molecule has 2 aromatic rings. The summed E-state index contributed by atoms with van der Waals surface area (Å²) in [5, 5.41) is 2.84. The van der Waals surface area contributed by atoms with Crippen LogP contribution in [0.15, 0.2) is 30.3 Å². The van der Waals surface area contributed by atoms with Gasteiger partial charge in [0.05, 0.1) is 0 Å². The van der Waals surface area contributed by atoms with Gasteiger partial charge in [-0.05, 0) is 6.42 Å². The first-order valence-corrected chi connectivity index (χ1v) is 4.96. The molecular formula is C13H15Zr-. The molecule has 0 fully saturated rings. The van der Waals surface area contributed by atoms with Crippen LogP contribution >= 0.6 is 0 Å². The smallest absolute Gasteiger partial charge is 0 e. The van der Waals surface area contributed by atoms with Gasteiger partial charge in [-0.25, -0.2) is 0 Å². The summed E-state index contributed by atoms with van der Waals surface area (Å²) in [5.41, 5.74) is 2.87. The van der Waals surface area contributed by atoms with E-state index < -0.39 is 0 Å². The van der Waals surface area contributed by atoms with Gasteiger partial charge >= 0.3 is 0 Å². The quantitative estimate of drug-likeness (QED) is 0.722. The molecule has 0 amide bonds. The molecule has 0 bridgehead atoms. The maximum atomic E-state index is 2.29. The van der Waals surface area contributed by atoms with Crippen LogP contribution in [0.25, 0.3) is 10.8 Å². The molecule has 0 spiro atoms. The zero-order valence-corrected chi connectivity index (χ0v) is 11.3. The third kappa shape index (κ3) is 2.20. The Balaban J connectivity index is 0.000000980. The molecule has 0 atom stereocenters. The molecule has 0 saturated carbocycles. The van der Waals surface area contributed by atoms with Crippen LogP contribution in [0.3, 0.4) is 0 Å². The van der Waals surface area contributed by atoms with E-state index in [9.17, 15) is 0 Å². The van der Waals surface area contributed by atoms with E-state index in [0.29, 0.717) is 0 Å². The zero-order chi connectivity index (χ0) is 9.26. The van der Waals surface area contributed by atoms with Gasteiger partial charge < -0.3 is 0 Å². The molecule has 0 unspecified atom stereocenters. The maximum absolute atomic E-state index is 2.29. The van der Waals surface area contributed by atoms with Crippen LogP contribution in [0.4, 0.5) is 0 Å². The number of hydrogen-bond donors (Lipinski definition) is 0. The van der Waals surface area contributed by atoms with Crippen molar-refractivity contribution in [3.05, 3.63) is 41.5 Å². The Bertz CT molecular complexity index is 412. The summed E-state index contributed by atoms with van der Waals surface area (Å²) in [4.78, 5) is 0. The van der Waals surface area contributed by atoms with Gasteiger partial charge in [-0.15, -0.1) is 34.5 Å². The second-order valence-electron chi connectivity index (χ2n) is 3.70. The summed E-state index contributed by atoms with van der Waals surface area (Å²) in [5.74, 6) is 0. The Morgan fingerprint density at radius 1 is 1.29 bits per heavy atom. The van der Waals surface area contributed by atoms with Crippen molar-refractivity contribution in [2.24, 2.45) is 0 Å². The Hall–Kier alpha value is -0.287. The van der Waals surface area contributed by atoms with Crippen molar-refractivity contribution >= 4 is 10.8 Å². The minimum atomic E-state index is 0. The number of hydrogen-bond acceptors (Lipinski definition) is 0. The standard InChI is InChI=1S/C13H15.Zr/c1-3-5-11-6-4-7-12-8-10(2)9-13(11)12;/h4,6-9H,3,5H2,1-2H3;/q-1;. The van der Waals surface area contributed by atoms with Crippen LogP contribution in [0.5, 0.6) is 0 Å². The number of benzene rings is 1. The summed E-state index contributed by atoms with van der Waals surface area (Å²) in [6.07, 6.45) is 2.42. The van der Waals surface area contributed by atoms with Crippen molar-refractivity contribution in [2.75, 3.05) is 0 Å². The average Bonchev–Trinajstić information content (AvgIpc) is 2.47. The third-order valence-corrected chi connectivity index (χ3v) is 2.50. The van der Waals surface area contributed by atoms with E-state index in [2.05, 4.69) is 44.2 Å². The normalized spacial score (nSPS) is 10.1. The molecule has 0 heterocycles. The van der Waals surface area contributed by atoms with Gasteiger partial charge in [-0.3, -0.25) is 0 Å². The van der Waals surface area contributed by atoms with E-state index in [0.717, 1.165) is 0 Å². The Morgan fingerprint density at radius 2 is 2.07 bits per heavy atom. The van der Waals surface area contributed by atoms with Crippen LogP contribution in [-0.4, -0.2) is 0 Å². The van der Waals surface area contributed by atoms with Gasteiger partial charge in [-0.1, -0.05) is 31.9 Å². The molecule has 0 nitrogen and oxygen atoms in total. The molecule has 0 N–H and O–H groups in total. The predicted molar refractivity (Wildman–Crippen MR) is 58.3 cm³/mol. The van der Waals surface area contributed by atoms with Gasteiger partial charge in [0.2, 0.25) is 0 Å². The molecule has 0 aliphatic heterocycles. The molecular weight excluding hydrogens is 247 g/mol. The molecule has 14 heavy (non-hydrogen) atoms. The first-order chi connectivity index (χ1) is 6.31. The minimum absolute atomic E-state index is 0. The Kier molecular flexibility index (Phi) is 4.19. The van der Waals surface area contributed by atoms with E-state index in [1.165, 1.54) is 34.7 Å². The van der Waals surface area contributed by atoms with Gasteiger partial charge in [0, 0.05) is 26.2 Å². The summed E-state index contributed by atoms with van der Waals surface area (Å²) >= 11 is 0. The van der Waals surface area contributed by atoms with Crippen LogP contribution in [0, 0.1) is 6.92 Å². The molecule has 2 rings (SSSR count). The Morgan fingerprint density at radius 3 is 2.79 bits per heavy atom. The summed E-state index contributed by atoms with van der Waals surface area (Å²) in [6, 6.07) is 11.1. The van der Waals surface area contributed by atoms with Gasteiger partial charge in [0.1, 0.15) is 0 Å². The first kappa shape index (κ1) is 11.8. The molecule has 72 valence electrons. The van der Waals surface area contributed by atoms with E-state index in [4.69, 9.17) is 0 Å². The van der Waals surface area contributed by atoms with Crippen molar-refractivity contribution in [2.45, 2.75) is 26.7 Å². The topological polar surface area (TPSA) is 0 Å². The van der Waals surface area contributed by atoms with Crippen molar-refractivity contribution in [1.29, 1.82) is 0 Å². The molecule has 0 aromatic heterocycles. The number of aryl methyl sites for hydroxylation is 2. The SMILES string of the molecule is CCCc1cccc2[cH-]c(C)cc12.[Zr]. The summed E-state index contributed by atoms with van der Waals surface area (Å²) < 4.78 is 0. The second-order valence-corrected chi connectivity index (χ2v) is 3.70. The largest absolute Gasteiger partial charge is 0.165 e. The first-order valence-electron chi connectivity index (χ1n) is 4.96. The van der Waals surface area contributed by atoms with Crippen molar-refractivity contribution in [3.8, 4) is 0 Å². The maximum Gasteiger partial charge on any atom is 0 e. The molecule has 1 heteroatoms. The molecule has 0 saturated heterocycles. The molecule has 2 aromatic carbocycles. The van der Waals surface area contributed by atoms with Crippen LogP contribution in [0.2, 0.25) is 0 Å². The van der Waals surface area contributed by atoms with Crippen molar-refractivity contribution < 1.29 is 26.2 Å². The molecule has 0 aliphatic rings. The summed E-state index contributed by atoms with van der Waals surface area (Å²) in [6.45, 7) is 4.39. The summed E-state index contributed by atoms with van der Waals surface area (Å²) in [7, 11) is 0. The molecule has 0 aliphatic carbocycles. The zero-order valence-electron chi connectivity index (χ0n) is 8.80. The molecule has 0 radical (unpaired) electrons. The monoisotopic (exact) mass is 261 g/mol. The van der Waals surface area contributed by atoms with E-state index >= 15 is 0 Å². The van der Waals surface area contributed by atoms with Gasteiger partial charge in [0.25, 0.3) is 0 Å². The third-order valence-electron chi connectivity index (χ3n) is 2.50. The van der Waals surface area contributed by atoms with E-state index in [-0.39, 0.29) is 26.2 Å². The van der Waals surface area contributed by atoms with Gasteiger partial charge in [-0.2, -0.15) is 6.07 Å².